The minimum atomic E-state index is -0.945. The van der Waals surface area contributed by atoms with E-state index in [0.29, 0.717) is 23.3 Å². The number of hydroxylamine groups is 2. The van der Waals surface area contributed by atoms with Crippen LogP contribution < -0.4 is 0 Å². The van der Waals surface area contributed by atoms with E-state index in [2.05, 4.69) is 4.98 Å². The Morgan fingerprint density at radius 1 is 1.22 bits per heavy atom. The molecule has 0 radical (unpaired) electrons. The molecule has 1 amide bonds. The van der Waals surface area contributed by atoms with E-state index in [-0.39, 0.29) is 17.5 Å². The van der Waals surface area contributed by atoms with E-state index >= 15 is 0 Å². The van der Waals surface area contributed by atoms with E-state index in [0.717, 1.165) is 10.5 Å². The zero-order valence-electron chi connectivity index (χ0n) is 17.4. The summed E-state index contributed by atoms with van der Waals surface area (Å²) in [5.74, 6) is -0.466. The van der Waals surface area contributed by atoms with Gasteiger partial charge in [-0.15, -0.1) is 28.6 Å². The smallest absolute Gasteiger partial charge is 0.331 e. The predicted molar refractivity (Wildman–Crippen MR) is 124 cm³/mol. The van der Waals surface area contributed by atoms with E-state index in [1.807, 2.05) is 25.1 Å². The number of thioether (sulfide) groups is 2. The minimum absolute atomic E-state index is 0.163. The Labute approximate surface area is 194 Å². The molecular formula is C24H21FN2O3S2. The Balaban J connectivity index is 1.62. The van der Waals surface area contributed by atoms with Crippen molar-refractivity contribution in [1.29, 1.82) is 0 Å². The lowest BCUT2D eigenvalue weighted by Crippen LogP contribution is -2.44. The highest BCUT2D eigenvalue weighted by Gasteiger charge is 2.50. The third-order valence-corrected chi connectivity index (χ3v) is 7.51. The van der Waals surface area contributed by atoms with Crippen LogP contribution in [0.1, 0.15) is 27.9 Å². The number of carbonyl (C=O) groups is 2. The summed E-state index contributed by atoms with van der Waals surface area (Å²) in [5, 5.41) is 1.18. The van der Waals surface area contributed by atoms with Gasteiger partial charge in [0.05, 0.1) is 11.3 Å². The number of pyridine rings is 1. The maximum atomic E-state index is 13.6. The Bertz CT molecular complexity index is 1110. The van der Waals surface area contributed by atoms with Gasteiger partial charge < -0.3 is 4.84 Å². The van der Waals surface area contributed by atoms with Crippen LogP contribution in [0, 0.1) is 12.7 Å². The van der Waals surface area contributed by atoms with Crippen LogP contribution in [0.3, 0.4) is 0 Å². The normalized spacial score (nSPS) is 18.1. The van der Waals surface area contributed by atoms with Crippen LogP contribution >= 0.6 is 23.5 Å². The zero-order chi connectivity index (χ0) is 22.6. The van der Waals surface area contributed by atoms with Gasteiger partial charge in [0.2, 0.25) is 0 Å². The van der Waals surface area contributed by atoms with Crippen molar-refractivity contribution in [3.05, 3.63) is 95.6 Å². The third kappa shape index (κ3) is 4.81. The van der Waals surface area contributed by atoms with Gasteiger partial charge in [-0.05, 0) is 55.3 Å². The number of carbonyl (C=O) groups excluding carboxylic acids is 2. The average molecular weight is 469 g/mol. The van der Waals surface area contributed by atoms with Crippen molar-refractivity contribution in [2.24, 2.45) is 0 Å². The molecule has 5 nitrogen and oxygen atoms in total. The molecule has 2 aromatic carbocycles. The maximum absolute atomic E-state index is 13.6. The molecule has 1 saturated heterocycles. The SMILES string of the molecule is Cc1cccc(C(=O)ON2C(=O)CSC2(CCSc2cccnc2)c2ccc(F)cc2)c1. The Morgan fingerprint density at radius 2 is 2.03 bits per heavy atom. The number of halogens is 1. The minimum Gasteiger partial charge on any atom is -0.331 e. The lowest BCUT2D eigenvalue weighted by molar-refractivity contribution is -0.177. The van der Waals surface area contributed by atoms with Gasteiger partial charge in [-0.2, -0.15) is 0 Å². The van der Waals surface area contributed by atoms with Gasteiger partial charge in [-0.25, -0.2) is 9.18 Å². The van der Waals surface area contributed by atoms with Crippen molar-refractivity contribution in [2.75, 3.05) is 11.5 Å². The number of hydrogen-bond donors (Lipinski definition) is 0. The number of nitrogens with zero attached hydrogens (tertiary/aromatic N) is 2. The lowest BCUT2D eigenvalue weighted by atomic mass is 10.0. The molecule has 0 aliphatic carbocycles. The molecule has 164 valence electrons. The van der Waals surface area contributed by atoms with Crippen molar-refractivity contribution in [3.8, 4) is 0 Å². The van der Waals surface area contributed by atoms with E-state index in [4.69, 9.17) is 4.84 Å². The molecule has 1 fully saturated rings. The first-order chi connectivity index (χ1) is 15.5. The maximum Gasteiger partial charge on any atom is 0.363 e. The summed E-state index contributed by atoms with van der Waals surface area (Å²) in [6.45, 7) is 1.88. The summed E-state index contributed by atoms with van der Waals surface area (Å²) in [6, 6.07) is 16.8. The summed E-state index contributed by atoms with van der Waals surface area (Å²) >= 11 is 2.98. The van der Waals surface area contributed by atoms with Gasteiger partial charge >= 0.3 is 5.97 Å². The second kappa shape index (κ2) is 9.75. The Morgan fingerprint density at radius 3 is 2.75 bits per heavy atom. The van der Waals surface area contributed by atoms with Gasteiger partial charge in [0.1, 0.15) is 5.82 Å². The van der Waals surface area contributed by atoms with Gasteiger partial charge in [-0.1, -0.05) is 29.8 Å². The van der Waals surface area contributed by atoms with Crippen molar-refractivity contribution in [1.82, 2.24) is 10.0 Å². The highest BCUT2D eigenvalue weighted by atomic mass is 32.2. The predicted octanol–water partition coefficient (Wildman–Crippen LogP) is 5.21. The first kappa shape index (κ1) is 22.4. The fraction of sp³-hybridized carbons (Fsp3) is 0.208. The van der Waals surface area contributed by atoms with Crippen molar-refractivity contribution in [3.63, 3.8) is 0 Å². The molecule has 4 rings (SSSR count). The Hall–Kier alpha value is -2.84. The summed E-state index contributed by atoms with van der Waals surface area (Å²) in [7, 11) is 0. The number of benzene rings is 2. The molecule has 1 atom stereocenters. The van der Waals surface area contributed by atoms with Gasteiger partial charge in [0.15, 0.2) is 4.87 Å². The average Bonchev–Trinajstić information content (AvgIpc) is 3.11. The van der Waals surface area contributed by atoms with Gasteiger partial charge in [0.25, 0.3) is 5.91 Å². The standard InChI is InChI=1S/C24H21FN2O3S2/c1-17-4-2-5-18(14-17)23(29)30-27-22(28)16-32-24(27,19-7-9-20(25)10-8-19)11-13-31-21-6-3-12-26-15-21/h2-10,12,14-15H,11,13,16H2,1H3. The number of aromatic nitrogens is 1. The molecule has 3 aromatic rings. The fourth-order valence-corrected chi connectivity index (χ4v) is 5.86. The van der Waals surface area contributed by atoms with Crippen LogP contribution in [0.5, 0.6) is 0 Å². The van der Waals surface area contributed by atoms with Gasteiger partial charge in [-0.3, -0.25) is 9.78 Å². The third-order valence-electron chi connectivity index (χ3n) is 5.06. The molecule has 0 bridgehead atoms. The molecule has 1 unspecified atom stereocenters. The highest BCUT2D eigenvalue weighted by Crippen LogP contribution is 2.49. The van der Waals surface area contributed by atoms with Crippen LogP contribution in [0.2, 0.25) is 0 Å². The highest BCUT2D eigenvalue weighted by molar-refractivity contribution is 8.01. The summed E-state index contributed by atoms with van der Waals surface area (Å²) < 4.78 is 13.6. The van der Waals surface area contributed by atoms with Crippen LogP contribution in [0.15, 0.2) is 78.0 Å². The monoisotopic (exact) mass is 468 g/mol. The molecule has 1 aromatic heterocycles. The quantitative estimate of drug-likeness (QED) is 0.444. The molecule has 0 N–H and O–H groups in total. The van der Waals surface area contributed by atoms with Crippen molar-refractivity contribution < 1.29 is 18.8 Å². The second-order valence-electron chi connectivity index (χ2n) is 7.30. The Kier molecular flexibility index (Phi) is 6.81. The van der Waals surface area contributed by atoms with Crippen molar-refractivity contribution >= 4 is 35.4 Å². The summed E-state index contributed by atoms with van der Waals surface area (Å²) in [6.07, 6.45) is 3.98. The van der Waals surface area contributed by atoms with E-state index in [1.165, 1.54) is 29.0 Å². The molecular weight excluding hydrogens is 447 g/mol. The first-order valence-electron chi connectivity index (χ1n) is 10.0. The van der Waals surface area contributed by atoms with Crippen molar-refractivity contribution in [2.45, 2.75) is 23.1 Å². The van der Waals surface area contributed by atoms with Crippen LogP contribution in [-0.4, -0.2) is 33.4 Å². The number of aryl methyl sites for hydroxylation is 1. The van der Waals surface area contributed by atoms with E-state index < -0.39 is 10.8 Å². The van der Waals surface area contributed by atoms with Crippen LogP contribution in [-0.2, 0) is 14.5 Å². The molecule has 1 aliphatic rings. The lowest BCUT2D eigenvalue weighted by Gasteiger charge is -2.36. The van der Waals surface area contributed by atoms with Crippen LogP contribution in [0.4, 0.5) is 4.39 Å². The zero-order valence-corrected chi connectivity index (χ0v) is 19.0. The summed E-state index contributed by atoms with van der Waals surface area (Å²) in [5.41, 5.74) is 1.99. The number of rotatable bonds is 7. The molecule has 0 spiro atoms. The molecule has 8 heteroatoms. The van der Waals surface area contributed by atoms with Gasteiger partial charge in [0, 0.05) is 23.0 Å². The molecule has 0 saturated carbocycles. The molecule has 32 heavy (non-hydrogen) atoms. The second-order valence-corrected chi connectivity index (χ2v) is 9.72. The topological polar surface area (TPSA) is 59.5 Å². The fourth-order valence-electron chi connectivity index (χ4n) is 3.50. The van der Waals surface area contributed by atoms with E-state index in [9.17, 15) is 14.0 Å². The number of hydrogen-bond acceptors (Lipinski definition) is 6. The first-order valence-corrected chi connectivity index (χ1v) is 12.0. The molecule has 2 heterocycles. The number of amides is 1. The largest absolute Gasteiger partial charge is 0.363 e. The summed E-state index contributed by atoms with van der Waals surface area (Å²) in [4.78, 5) is 35.6. The molecule has 1 aliphatic heterocycles. The van der Waals surface area contributed by atoms with Crippen LogP contribution in [0.25, 0.3) is 0 Å². The van der Waals surface area contributed by atoms with E-state index in [1.54, 1.807) is 54.5 Å².